The zero-order chi connectivity index (χ0) is 11.7. The lowest BCUT2D eigenvalue weighted by atomic mass is 10.2. The number of rotatable bonds is 2. The molecule has 2 rings (SSSR count). The van der Waals surface area contributed by atoms with Gasteiger partial charge in [0.2, 0.25) is 0 Å². The first-order valence-corrected chi connectivity index (χ1v) is 6.14. The SMILES string of the molecule is CC1CC(Nc2c(F)cc(F)cc2F)CS1. The molecule has 0 aromatic heterocycles. The third kappa shape index (κ3) is 2.45. The van der Waals surface area contributed by atoms with Crippen molar-refractivity contribution in [2.75, 3.05) is 11.1 Å². The molecule has 1 heterocycles. The standard InChI is InChI=1S/C11H12F3NS/c1-6-2-8(5-16-6)15-11-9(13)3-7(12)4-10(11)14/h3-4,6,8,15H,2,5H2,1H3. The molecule has 1 nitrogen and oxygen atoms in total. The van der Waals surface area contributed by atoms with Crippen LogP contribution < -0.4 is 5.32 Å². The van der Waals surface area contributed by atoms with Crippen LogP contribution in [-0.4, -0.2) is 17.0 Å². The van der Waals surface area contributed by atoms with Gasteiger partial charge in [0, 0.05) is 29.2 Å². The fraction of sp³-hybridized carbons (Fsp3) is 0.455. The van der Waals surface area contributed by atoms with Gasteiger partial charge in [0.05, 0.1) is 0 Å². The summed E-state index contributed by atoms with van der Waals surface area (Å²) in [5, 5.41) is 3.29. The predicted molar refractivity (Wildman–Crippen MR) is 60.3 cm³/mol. The summed E-state index contributed by atoms with van der Waals surface area (Å²) in [7, 11) is 0. The second-order valence-electron chi connectivity index (χ2n) is 3.97. The summed E-state index contributed by atoms with van der Waals surface area (Å²) in [5.41, 5.74) is -0.221. The smallest absolute Gasteiger partial charge is 0.152 e. The highest BCUT2D eigenvalue weighted by Crippen LogP contribution is 2.30. The van der Waals surface area contributed by atoms with E-state index in [1.807, 2.05) is 0 Å². The summed E-state index contributed by atoms with van der Waals surface area (Å²) in [5.74, 6) is -1.82. The second-order valence-corrected chi connectivity index (χ2v) is 5.44. The Morgan fingerprint density at radius 2 is 1.88 bits per heavy atom. The zero-order valence-corrected chi connectivity index (χ0v) is 9.58. The van der Waals surface area contributed by atoms with Gasteiger partial charge in [-0.05, 0) is 6.42 Å². The molecule has 1 fully saturated rings. The van der Waals surface area contributed by atoms with Crippen LogP contribution in [-0.2, 0) is 0 Å². The van der Waals surface area contributed by atoms with E-state index in [1.54, 1.807) is 11.8 Å². The van der Waals surface area contributed by atoms with Crippen molar-refractivity contribution >= 4 is 17.4 Å². The van der Waals surface area contributed by atoms with Gasteiger partial charge in [-0.2, -0.15) is 11.8 Å². The molecule has 88 valence electrons. The van der Waals surface area contributed by atoms with Gasteiger partial charge >= 0.3 is 0 Å². The minimum Gasteiger partial charge on any atom is -0.377 e. The lowest BCUT2D eigenvalue weighted by Gasteiger charge is -2.14. The summed E-state index contributed by atoms with van der Waals surface area (Å²) in [6.07, 6.45) is 0.862. The normalized spacial score (nSPS) is 24.8. The Labute approximate surface area is 96.4 Å². The van der Waals surface area contributed by atoms with Crippen molar-refractivity contribution in [1.29, 1.82) is 0 Å². The topological polar surface area (TPSA) is 12.0 Å². The van der Waals surface area contributed by atoms with E-state index in [0.717, 1.165) is 12.2 Å². The average molecular weight is 247 g/mol. The Bertz CT molecular complexity index is 374. The molecule has 0 radical (unpaired) electrons. The maximum atomic E-state index is 13.3. The van der Waals surface area contributed by atoms with Crippen molar-refractivity contribution in [3.8, 4) is 0 Å². The van der Waals surface area contributed by atoms with E-state index in [4.69, 9.17) is 0 Å². The molecule has 0 bridgehead atoms. The van der Waals surface area contributed by atoms with Crippen LogP contribution in [0.2, 0.25) is 0 Å². The summed E-state index contributed by atoms with van der Waals surface area (Å²) < 4.78 is 39.3. The van der Waals surface area contributed by atoms with Gasteiger partial charge in [0.1, 0.15) is 11.5 Å². The molecular weight excluding hydrogens is 235 g/mol. The molecule has 16 heavy (non-hydrogen) atoms. The molecule has 0 aliphatic carbocycles. The molecule has 0 amide bonds. The Morgan fingerprint density at radius 1 is 1.25 bits per heavy atom. The molecule has 1 saturated heterocycles. The highest BCUT2D eigenvalue weighted by atomic mass is 32.2. The highest BCUT2D eigenvalue weighted by Gasteiger charge is 2.23. The fourth-order valence-electron chi connectivity index (χ4n) is 1.80. The van der Waals surface area contributed by atoms with Gasteiger partial charge in [-0.1, -0.05) is 6.92 Å². The van der Waals surface area contributed by atoms with Crippen molar-refractivity contribution in [1.82, 2.24) is 0 Å². The maximum Gasteiger partial charge on any atom is 0.152 e. The molecule has 1 aromatic carbocycles. The van der Waals surface area contributed by atoms with Crippen LogP contribution in [0.5, 0.6) is 0 Å². The largest absolute Gasteiger partial charge is 0.377 e. The van der Waals surface area contributed by atoms with Crippen LogP contribution in [0.4, 0.5) is 18.9 Å². The molecule has 1 aliphatic rings. The van der Waals surface area contributed by atoms with Gasteiger partial charge in [0.15, 0.2) is 11.6 Å². The summed E-state index contributed by atoms with van der Waals surface area (Å²) >= 11 is 1.76. The van der Waals surface area contributed by atoms with Crippen molar-refractivity contribution in [2.24, 2.45) is 0 Å². The monoisotopic (exact) mass is 247 g/mol. The first-order chi connectivity index (χ1) is 7.56. The molecule has 5 heteroatoms. The number of halogens is 3. The number of hydrogen-bond acceptors (Lipinski definition) is 2. The van der Waals surface area contributed by atoms with E-state index in [0.29, 0.717) is 17.4 Å². The molecular formula is C11H12F3NS. The zero-order valence-electron chi connectivity index (χ0n) is 8.77. The van der Waals surface area contributed by atoms with Gasteiger partial charge < -0.3 is 5.32 Å². The molecule has 2 atom stereocenters. The number of anilines is 1. The molecule has 1 N–H and O–H groups in total. The lowest BCUT2D eigenvalue weighted by Crippen LogP contribution is -2.20. The molecule has 0 spiro atoms. The van der Waals surface area contributed by atoms with Crippen LogP contribution in [0, 0.1) is 17.5 Å². The number of thioether (sulfide) groups is 1. The number of hydrogen-bond donors (Lipinski definition) is 1. The Morgan fingerprint density at radius 3 is 2.38 bits per heavy atom. The van der Waals surface area contributed by atoms with Crippen molar-refractivity contribution in [3.63, 3.8) is 0 Å². The van der Waals surface area contributed by atoms with E-state index < -0.39 is 17.5 Å². The van der Waals surface area contributed by atoms with Gasteiger partial charge in [0.25, 0.3) is 0 Å². The van der Waals surface area contributed by atoms with Crippen LogP contribution >= 0.6 is 11.8 Å². The van der Waals surface area contributed by atoms with Gasteiger partial charge in [-0.15, -0.1) is 0 Å². The first-order valence-electron chi connectivity index (χ1n) is 5.09. The van der Waals surface area contributed by atoms with E-state index in [9.17, 15) is 13.2 Å². The average Bonchev–Trinajstić information content (AvgIpc) is 2.58. The van der Waals surface area contributed by atoms with Gasteiger partial charge in [-0.25, -0.2) is 13.2 Å². The predicted octanol–water partition coefficient (Wildman–Crippen LogP) is 3.41. The maximum absolute atomic E-state index is 13.3. The third-order valence-electron chi connectivity index (χ3n) is 2.55. The number of nitrogens with one attached hydrogen (secondary N) is 1. The van der Waals surface area contributed by atoms with E-state index in [-0.39, 0.29) is 11.7 Å². The van der Waals surface area contributed by atoms with Crippen molar-refractivity contribution < 1.29 is 13.2 Å². The van der Waals surface area contributed by atoms with Crippen LogP contribution in [0.3, 0.4) is 0 Å². The molecule has 0 saturated carbocycles. The Kier molecular flexibility index (Phi) is 3.33. The quantitative estimate of drug-likeness (QED) is 0.859. The van der Waals surface area contributed by atoms with E-state index >= 15 is 0 Å². The van der Waals surface area contributed by atoms with Crippen LogP contribution in [0.15, 0.2) is 12.1 Å². The summed E-state index contributed by atoms with van der Waals surface area (Å²) in [6, 6.07) is 1.43. The third-order valence-corrected chi connectivity index (χ3v) is 3.91. The second kappa shape index (κ2) is 4.57. The van der Waals surface area contributed by atoms with Crippen LogP contribution in [0.1, 0.15) is 13.3 Å². The van der Waals surface area contributed by atoms with Gasteiger partial charge in [-0.3, -0.25) is 0 Å². The lowest BCUT2D eigenvalue weighted by molar-refractivity contribution is 0.544. The Balaban J connectivity index is 2.15. The minimum atomic E-state index is -0.894. The summed E-state index contributed by atoms with van der Waals surface area (Å²) in [6.45, 7) is 2.07. The van der Waals surface area contributed by atoms with Crippen molar-refractivity contribution in [2.45, 2.75) is 24.6 Å². The molecule has 1 aromatic rings. The van der Waals surface area contributed by atoms with Crippen molar-refractivity contribution in [3.05, 3.63) is 29.6 Å². The molecule has 1 aliphatic heterocycles. The fourth-order valence-corrected chi connectivity index (χ4v) is 2.95. The highest BCUT2D eigenvalue weighted by molar-refractivity contribution is 8.00. The summed E-state index contributed by atoms with van der Waals surface area (Å²) in [4.78, 5) is 0. The Hall–Kier alpha value is -0.840. The van der Waals surface area contributed by atoms with E-state index in [2.05, 4.69) is 12.2 Å². The minimum absolute atomic E-state index is 0.0504. The van der Waals surface area contributed by atoms with E-state index in [1.165, 1.54) is 0 Å². The molecule has 2 unspecified atom stereocenters. The first kappa shape index (κ1) is 11.6. The number of benzene rings is 1. The van der Waals surface area contributed by atoms with Crippen LogP contribution in [0.25, 0.3) is 0 Å².